The van der Waals surface area contributed by atoms with Crippen molar-refractivity contribution in [2.45, 2.75) is 39.3 Å². The van der Waals surface area contributed by atoms with Crippen LogP contribution in [0.15, 0.2) is 46.9 Å². The number of halogens is 1. The number of hydrogen-bond donors (Lipinski definition) is 2. The first-order chi connectivity index (χ1) is 13.7. The normalized spacial score (nSPS) is 15.4. The average Bonchev–Trinajstić information content (AvgIpc) is 3.37. The average molecular weight is 524 g/mol. The molecule has 3 aromatic heterocycles. The van der Waals surface area contributed by atoms with Crippen LogP contribution in [-0.4, -0.2) is 41.0 Å². The Kier molecular flexibility index (Phi) is 7.77. The van der Waals surface area contributed by atoms with Crippen LogP contribution < -0.4 is 15.5 Å². The summed E-state index contributed by atoms with van der Waals surface area (Å²) in [7, 11) is 0. The molecular weight excluding hydrogens is 495 g/mol. The van der Waals surface area contributed by atoms with Crippen LogP contribution in [0.3, 0.4) is 0 Å². The minimum absolute atomic E-state index is 0. The monoisotopic (exact) mass is 524 g/mol. The predicted molar refractivity (Wildman–Crippen MR) is 133 cm³/mol. The molecular formula is C21H29IN6S. The highest BCUT2D eigenvalue weighted by molar-refractivity contribution is 14.0. The summed E-state index contributed by atoms with van der Waals surface area (Å²) in [6.45, 7) is 7.79. The maximum Gasteiger partial charge on any atom is 0.191 e. The number of rotatable bonds is 5. The van der Waals surface area contributed by atoms with Crippen LogP contribution in [0.1, 0.15) is 31.2 Å². The minimum atomic E-state index is 0. The van der Waals surface area contributed by atoms with E-state index in [0.29, 0.717) is 12.6 Å². The number of fused-ring (bicyclic) bond motifs is 1. The first-order valence-electron chi connectivity index (χ1n) is 10.00. The number of thiophene rings is 1. The quantitative estimate of drug-likeness (QED) is 0.301. The Balaban J connectivity index is 0.00000240. The van der Waals surface area contributed by atoms with Crippen molar-refractivity contribution >= 4 is 51.9 Å². The van der Waals surface area contributed by atoms with E-state index in [4.69, 9.17) is 4.99 Å². The van der Waals surface area contributed by atoms with Crippen LogP contribution in [0, 0.1) is 6.92 Å². The number of nitrogens with one attached hydrogen (secondary N) is 2. The Morgan fingerprint density at radius 2 is 2.07 bits per heavy atom. The lowest BCUT2D eigenvalue weighted by Crippen LogP contribution is -2.48. The number of hydrogen-bond acceptors (Lipinski definition) is 4. The number of aryl methyl sites for hydroxylation is 1. The van der Waals surface area contributed by atoms with Crippen molar-refractivity contribution in [1.82, 2.24) is 20.0 Å². The van der Waals surface area contributed by atoms with Crippen molar-refractivity contribution < 1.29 is 0 Å². The van der Waals surface area contributed by atoms with Gasteiger partial charge >= 0.3 is 0 Å². The number of guanidine groups is 1. The predicted octanol–water partition coefficient (Wildman–Crippen LogP) is 4.05. The third-order valence-corrected chi connectivity index (χ3v) is 6.07. The van der Waals surface area contributed by atoms with Gasteiger partial charge in [0.25, 0.3) is 0 Å². The second-order valence-electron chi connectivity index (χ2n) is 7.18. The highest BCUT2D eigenvalue weighted by Gasteiger charge is 2.20. The van der Waals surface area contributed by atoms with E-state index in [9.17, 15) is 0 Å². The summed E-state index contributed by atoms with van der Waals surface area (Å²) < 4.78 is 2.12. The molecule has 1 aliphatic heterocycles. The van der Waals surface area contributed by atoms with Gasteiger partial charge in [-0.2, -0.15) is 0 Å². The zero-order chi connectivity index (χ0) is 19.3. The largest absolute Gasteiger partial charge is 0.363 e. The Labute approximate surface area is 193 Å². The van der Waals surface area contributed by atoms with Gasteiger partial charge in [0.05, 0.1) is 17.2 Å². The molecule has 156 valence electrons. The first-order valence-corrected chi connectivity index (χ1v) is 10.9. The van der Waals surface area contributed by atoms with Crippen LogP contribution in [0.4, 0.5) is 5.00 Å². The summed E-state index contributed by atoms with van der Waals surface area (Å²) >= 11 is 1.82. The summed E-state index contributed by atoms with van der Waals surface area (Å²) in [5, 5.41) is 10.5. The van der Waals surface area contributed by atoms with Crippen LogP contribution in [0.25, 0.3) is 5.65 Å². The maximum atomic E-state index is 4.78. The fourth-order valence-electron chi connectivity index (χ4n) is 3.64. The topological polar surface area (TPSA) is 57.0 Å². The Bertz CT molecular complexity index is 928. The van der Waals surface area contributed by atoms with Crippen molar-refractivity contribution in [3.63, 3.8) is 0 Å². The third-order valence-electron chi connectivity index (χ3n) is 5.14. The van der Waals surface area contributed by atoms with E-state index in [0.717, 1.165) is 49.8 Å². The van der Waals surface area contributed by atoms with Gasteiger partial charge in [0, 0.05) is 37.6 Å². The van der Waals surface area contributed by atoms with Crippen LogP contribution in [-0.2, 0) is 6.54 Å². The zero-order valence-corrected chi connectivity index (χ0v) is 20.1. The molecule has 1 saturated heterocycles. The number of aromatic nitrogens is 2. The molecule has 8 heteroatoms. The lowest BCUT2D eigenvalue weighted by Gasteiger charge is -2.33. The maximum absolute atomic E-state index is 4.78. The van der Waals surface area contributed by atoms with Crippen LogP contribution in [0.5, 0.6) is 0 Å². The highest BCUT2D eigenvalue weighted by Crippen LogP contribution is 2.24. The SMILES string of the molecule is CCNC(=NCc1cn2c(C)cccc2n1)NC1CCN(c2cccs2)CC1.I. The summed E-state index contributed by atoms with van der Waals surface area (Å²) in [6, 6.07) is 11.0. The van der Waals surface area contributed by atoms with E-state index in [1.807, 2.05) is 23.5 Å². The standard InChI is InChI=1S/C21H28N6S.HI/c1-3-22-21(23-14-18-15-27-16(2)6-4-7-19(27)24-18)25-17-9-11-26(12-10-17)20-8-5-13-28-20;/h4-8,13,15,17H,3,9-12,14H2,1-2H3,(H2,22,23,25);1H. The van der Waals surface area contributed by atoms with Crippen molar-refractivity contribution in [2.24, 2.45) is 4.99 Å². The van der Waals surface area contributed by atoms with E-state index in [-0.39, 0.29) is 24.0 Å². The number of aliphatic imine (C=N–C) groups is 1. The molecule has 0 atom stereocenters. The summed E-state index contributed by atoms with van der Waals surface area (Å²) in [5.41, 5.74) is 3.14. The summed E-state index contributed by atoms with van der Waals surface area (Å²) in [6.07, 6.45) is 4.32. The number of nitrogens with zero attached hydrogens (tertiary/aromatic N) is 4. The van der Waals surface area contributed by atoms with E-state index >= 15 is 0 Å². The molecule has 0 amide bonds. The van der Waals surface area contributed by atoms with Gasteiger partial charge in [-0.25, -0.2) is 9.98 Å². The molecule has 6 nitrogen and oxygen atoms in total. The molecule has 0 aromatic carbocycles. The molecule has 4 rings (SSSR count). The molecule has 0 radical (unpaired) electrons. The van der Waals surface area contributed by atoms with E-state index < -0.39 is 0 Å². The van der Waals surface area contributed by atoms with Gasteiger partial charge in [0.1, 0.15) is 5.65 Å². The molecule has 1 fully saturated rings. The fraction of sp³-hybridized carbons (Fsp3) is 0.429. The smallest absolute Gasteiger partial charge is 0.191 e. The first kappa shape index (κ1) is 21.9. The van der Waals surface area contributed by atoms with Crippen molar-refractivity contribution in [2.75, 3.05) is 24.5 Å². The highest BCUT2D eigenvalue weighted by atomic mass is 127. The number of piperidine rings is 1. The summed E-state index contributed by atoms with van der Waals surface area (Å²) in [5.74, 6) is 0.880. The third kappa shape index (κ3) is 5.42. The molecule has 1 aliphatic rings. The van der Waals surface area contributed by atoms with Gasteiger partial charge in [-0.05, 0) is 56.3 Å². The lowest BCUT2D eigenvalue weighted by molar-refractivity contribution is 0.463. The zero-order valence-electron chi connectivity index (χ0n) is 17.0. The van der Waals surface area contributed by atoms with Gasteiger partial charge in [-0.1, -0.05) is 6.07 Å². The van der Waals surface area contributed by atoms with Crippen molar-refractivity contribution in [1.29, 1.82) is 0 Å². The number of anilines is 1. The Morgan fingerprint density at radius 1 is 1.24 bits per heavy atom. The molecule has 2 N–H and O–H groups in total. The van der Waals surface area contributed by atoms with Crippen LogP contribution in [0.2, 0.25) is 0 Å². The van der Waals surface area contributed by atoms with Gasteiger partial charge in [-0.15, -0.1) is 35.3 Å². The van der Waals surface area contributed by atoms with E-state index in [1.54, 1.807) is 0 Å². The van der Waals surface area contributed by atoms with Gasteiger partial charge in [-0.3, -0.25) is 0 Å². The Hall–Kier alpha value is -1.81. The fourth-order valence-corrected chi connectivity index (χ4v) is 4.43. The molecule has 29 heavy (non-hydrogen) atoms. The van der Waals surface area contributed by atoms with E-state index in [2.05, 4.69) is 68.5 Å². The number of pyridine rings is 1. The van der Waals surface area contributed by atoms with Gasteiger partial charge < -0.3 is 19.9 Å². The number of imidazole rings is 1. The van der Waals surface area contributed by atoms with Crippen molar-refractivity contribution in [3.05, 3.63) is 53.3 Å². The molecule has 3 aromatic rings. The summed E-state index contributed by atoms with van der Waals surface area (Å²) in [4.78, 5) is 11.9. The van der Waals surface area contributed by atoms with Gasteiger partial charge in [0.2, 0.25) is 0 Å². The molecule has 4 heterocycles. The minimum Gasteiger partial charge on any atom is -0.363 e. The van der Waals surface area contributed by atoms with Gasteiger partial charge in [0.15, 0.2) is 5.96 Å². The molecule has 0 saturated carbocycles. The second-order valence-corrected chi connectivity index (χ2v) is 8.11. The molecule has 0 aliphatic carbocycles. The second kappa shape index (κ2) is 10.3. The van der Waals surface area contributed by atoms with Crippen molar-refractivity contribution in [3.8, 4) is 0 Å². The van der Waals surface area contributed by atoms with Crippen LogP contribution >= 0.6 is 35.3 Å². The lowest BCUT2D eigenvalue weighted by atomic mass is 10.1. The molecule has 0 bridgehead atoms. The molecule has 0 unspecified atom stereocenters. The van der Waals surface area contributed by atoms with E-state index in [1.165, 1.54) is 10.7 Å². The molecule has 0 spiro atoms. The Morgan fingerprint density at radius 3 is 2.76 bits per heavy atom.